The van der Waals surface area contributed by atoms with Gasteiger partial charge in [-0.15, -0.1) is 24.5 Å². The predicted octanol–water partition coefficient (Wildman–Crippen LogP) is 4.45. The van der Waals surface area contributed by atoms with Crippen molar-refractivity contribution in [2.75, 3.05) is 31.1 Å². The molecule has 1 aliphatic heterocycles. The molecule has 2 aromatic carbocycles. The van der Waals surface area contributed by atoms with E-state index in [0.29, 0.717) is 13.1 Å². The molecule has 0 bridgehead atoms. The van der Waals surface area contributed by atoms with Gasteiger partial charge < -0.3 is 9.64 Å². The molecule has 1 aromatic heterocycles. The second-order valence-electron chi connectivity index (χ2n) is 7.64. The van der Waals surface area contributed by atoms with Crippen LogP contribution in [-0.4, -0.2) is 50.2 Å². The Hall–Kier alpha value is -2.63. The van der Waals surface area contributed by atoms with Gasteiger partial charge in [-0.25, -0.2) is 13.4 Å². The number of nitrogens with zero attached hydrogens (tertiary/aromatic N) is 3. The zero-order valence-electron chi connectivity index (χ0n) is 17.7. The molecule has 0 aliphatic carbocycles. The van der Waals surface area contributed by atoms with Crippen molar-refractivity contribution in [1.29, 1.82) is 0 Å². The van der Waals surface area contributed by atoms with Crippen LogP contribution in [0.2, 0.25) is 0 Å². The molecule has 0 N–H and O–H groups in total. The number of hydrogen-bond acceptors (Lipinski definition) is 6. The van der Waals surface area contributed by atoms with Crippen molar-refractivity contribution >= 4 is 26.5 Å². The number of thiazole rings is 1. The highest BCUT2D eigenvalue weighted by Gasteiger charge is 2.32. The summed E-state index contributed by atoms with van der Waals surface area (Å²) in [5.41, 5.74) is 3.40. The van der Waals surface area contributed by atoms with E-state index >= 15 is 0 Å². The van der Waals surface area contributed by atoms with E-state index in [0.717, 1.165) is 41.5 Å². The van der Waals surface area contributed by atoms with E-state index in [2.05, 4.69) is 28.7 Å². The van der Waals surface area contributed by atoms with Crippen LogP contribution in [0.5, 0.6) is 5.75 Å². The topological polar surface area (TPSA) is 62.7 Å². The first-order chi connectivity index (χ1) is 15.6. The summed E-state index contributed by atoms with van der Waals surface area (Å²) in [6, 6.07) is 12.4. The summed E-state index contributed by atoms with van der Waals surface area (Å²) >= 11 is 1.53. The smallest absolute Gasteiger partial charge is 0.406 e. The van der Waals surface area contributed by atoms with Gasteiger partial charge >= 0.3 is 6.36 Å². The van der Waals surface area contributed by atoms with Crippen LogP contribution >= 0.6 is 11.3 Å². The van der Waals surface area contributed by atoms with Crippen molar-refractivity contribution in [2.45, 2.75) is 24.6 Å². The number of anilines is 1. The lowest BCUT2D eigenvalue weighted by molar-refractivity contribution is -0.274. The molecule has 0 atom stereocenters. The molecule has 2 heterocycles. The quantitative estimate of drug-likeness (QED) is 0.504. The second kappa shape index (κ2) is 9.32. The normalized spacial score (nSPS) is 15.6. The van der Waals surface area contributed by atoms with Gasteiger partial charge in [0.2, 0.25) is 10.0 Å². The van der Waals surface area contributed by atoms with Gasteiger partial charge in [0.1, 0.15) is 5.75 Å². The van der Waals surface area contributed by atoms with E-state index in [1.54, 1.807) is 0 Å². The van der Waals surface area contributed by atoms with Crippen molar-refractivity contribution in [3.8, 4) is 5.75 Å². The second-order valence-corrected chi connectivity index (χ2v) is 10.4. The average Bonchev–Trinajstić information content (AvgIpc) is 3.23. The number of ether oxygens (including phenoxy) is 1. The van der Waals surface area contributed by atoms with Crippen molar-refractivity contribution in [3.05, 3.63) is 70.7 Å². The zero-order chi connectivity index (χ0) is 23.6. The fraction of sp³-hybridized carbons (Fsp3) is 0.318. The van der Waals surface area contributed by atoms with Crippen molar-refractivity contribution < 1.29 is 26.3 Å². The minimum atomic E-state index is -4.83. The highest BCUT2D eigenvalue weighted by molar-refractivity contribution is 7.89. The summed E-state index contributed by atoms with van der Waals surface area (Å²) in [6.07, 6.45) is -4.09. The Morgan fingerprint density at radius 2 is 1.70 bits per heavy atom. The van der Waals surface area contributed by atoms with Crippen molar-refractivity contribution in [2.24, 2.45) is 0 Å². The summed E-state index contributed by atoms with van der Waals surface area (Å²) < 4.78 is 67.9. The van der Waals surface area contributed by atoms with Crippen molar-refractivity contribution in [3.63, 3.8) is 0 Å². The maximum Gasteiger partial charge on any atom is 0.573 e. The monoisotopic (exact) mass is 497 g/mol. The highest BCUT2D eigenvalue weighted by atomic mass is 32.2. The van der Waals surface area contributed by atoms with Gasteiger partial charge in [0, 0.05) is 38.0 Å². The Kier molecular flexibility index (Phi) is 6.64. The third kappa shape index (κ3) is 5.66. The molecule has 33 heavy (non-hydrogen) atoms. The van der Waals surface area contributed by atoms with Crippen molar-refractivity contribution in [1.82, 2.24) is 9.29 Å². The third-order valence-electron chi connectivity index (χ3n) is 5.38. The molecule has 0 amide bonds. The fourth-order valence-corrected chi connectivity index (χ4v) is 5.91. The van der Waals surface area contributed by atoms with E-state index in [-0.39, 0.29) is 18.0 Å². The number of halogens is 3. The molecule has 0 radical (unpaired) electrons. The molecule has 4 rings (SSSR count). The SMILES string of the molecule is Cc1ccccc1Cc1csc(N2CCN(S(=O)(=O)c3ccc(OC(F)(F)F)cc3)CC2)n1. The number of hydrogen-bond donors (Lipinski definition) is 0. The van der Waals surface area contributed by atoms with Crippen LogP contribution in [0.3, 0.4) is 0 Å². The summed E-state index contributed by atoms with van der Waals surface area (Å²) in [7, 11) is -3.82. The number of sulfonamides is 1. The molecule has 1 aliphatic rings. The molecule has 1 saturated heterocycles. The molecule has 1 fully saturated rings. The Morgan fingerprint density at radius 3 is 2.33 bits per heavy atom. The van der Waals surface area contributed by atoms with Crippen LogP contribution in [0, 0.1) is 6.92 Å². The minimum Gasteiger partial charge on any atom is -0.406 e. The Labute approximate surface area is 194 Å². The molecule has 11 heteroatoms. The molecule has 0 spiro atoms. The number of rotatable bonds is 6. The van der Waals surface area contributed by atoms with Gasteiger partial charge in [-0.2, -0.15) is 4.31 Å². The average molecular weight is 498 g/mol. The third-order valence-corrected chi connectivity index (χ3v) is 8.24. The van der Waals surface area contributed by atoms with Gasteiger partial charge in [-0.05, 0) is 42.3 Å². The van der Waals surface area contributed by atoms with E-state index in [1.807, 2.05) is 17.5 Å². The van der Waals surface area contributed by atoms with E-state index in [4.69, 9.17) is 4.98 Å². The van der Waals surface area contributed by atoms with E-state index < -0.39 is 22.1 Å². The lowest BCUT2D eigenvalue weighted by atomic mass is 10.1. The zero-order valence-corrected chi connectivity index (χ0v) is 19.4. The number of piperazine rings is 1. The Bertz CT molecular complexity index is 1200. The fourth-order valence-electron chi connectivity index (χ4n) is 3.61. The summed E-state index contributed by atoms with van der Waals surface area (Å²) in [5, 5.41) is 2.87. The van der Waals surface area contributed by atoms with Crippen LogP contribution in [0.25, 0.3) is 0 Å². The molecule has 0 unspecified atom stereocenters. The van der Waals surface area contributed by atoms with Crippen LogP contribution < -0.4 is 9.64 Å². The van der Waals surface area contributed by atoms with Crippen LogP contribution in [0.4, 0.5) is 18.3 Å². The maximum absolute atomic E-state index is 12.9. The predicted molar refractivity (Wildman–Crippen MR) is 120 cm³/mol. The summed E-state index contributed by atoms with van der Waals surface area (Å²) in [4.78, 5) is 6.71. The molecular formula is C22H22F3N3O3S2. The van der Waals surface area contributed by atoms with Gasteiger partial charge in [0.05, 0.1) is 10.6 Å². The first kappa shape index (κ1) is 23.5. The largest absolute Gasteiger partial charge is 0.573 e. The highest BCUT2D eigenvalue weighted by Crippen LogP contribution is 2.27. The van der Waals surface area contributed by atoms with Gasteiger partial charge in [0.25, 0.3) is 0 Å². The van der Waals surface area contributed by atoms with Gasteiger partial charge in [0.15, 0.2) is 5.13 Å². The lowest BCUT2D eigenvalue weighted by Gasteiger charge is -2.33. The van der Waals surface area contributed by atoms with Crippen LogP contribution in [-0.2, 0) is 16.4 Å². The molecule has 3 aromatic rings. The van der Waals surface area contributed by atoms with E-state index in [9.17, 15) is 21.6 Å². The van der Waals surface area contributed by atoms with Gasteiger partial charge in [-0.3, -0.25) is 0 Å². The lowest BCUT2D eigenvalue weighted by Crippen LogP contribution is -2.48. The number of alkyl halides is 3. The number of benzene rings is 2. The first-order valence-corrected chi connectivity index (χ1v) is 12.5. The number of aromatic nitrogens is 1. The standard InChI is InChI=1S/C22H22F3N3O3S2/c1-16-4-2-3-5-17(16)14-18-15-32-21(26-18)27-10-12-28(13-11-27)33(29,30)20-8-6-19(7-9-20)31-22(23,24)25/h2-9,15H,10-14H2,1H3. The van der Waals surface area contributed by atoms with E-state index in [1.165, 1.54) is 26.8 Å². The Morgan fingerprint density at radius 1 is 1.03 bits per heavy atom. The maximum atomic E-state index is 12.9. The van der Waals surface area contributed by atoms with Crippen LogP contribution in [0.15, 0.2) is 58.8 Å². The minimum absolute atomic E-state index is 0.0692. The van der Waals surface area contributed by atoms with Gasteiger partial charge in [-0.1, -0.05) is 24.3 Å². The molecule has 176 valence electrons. The summed E-state index contributed by atoms with van der Waals surface area (Å²) in [5.74, 6) is -0.462. The van der Waals surface area contributed by atoms with Crippen LogP contribution in [0.1, 0.15) is 16.8 Å². The molecular weight excluding hydrogens is 475 g/mol. The Balaban J connectivity index is 1.37. The summed E-state index contributed by atoms with van der Waals surface area (Å²) in [6.45, 7) is 3.54. The molecule has 0 saturated carbocycles. The number of aryl methyl sites for hydroxylation is 1. The first-order valence-electron chi connectivity index (χ1n) is 10.2. The molecule has 6 nitrogen and oxygen atoms in total.